The lowest BCUT2D eigenvalue weighted by Crippen LogP contribution is -2.02. The highest BCUT2D eigenvalue weighted by molar-refractivity contribution is 5.74. The molecule has 0 atom stereocenters. The number of rotatable bonds is 2. The second-order valence-corrected chi connectivity index (χ2v) is 3.66. The fourth-order valence-corrected chi connectivity index (χ4v) is 1.88. The van der Waals surface area contributed by atoms with Crippen molar-refractivity contribution in [1.82, 2.24) is 4.57 Å². The van der Waals surface area contributed by atoms with E-state index in [2.05, 4.69) is 26.0 Å². The Balaban J connectivity index is 2.68. The van der Waals surface area contributed by atoms with E-state index in [-0.39, 0.29) is 0 Å². The summed E-state index contributed by atoms with van der Waals surface area (Å²) in [5.41, 5.74) is 4.14. The van der Waals surface area contributed by atoms with Crippen LogP contribution in [0.15, 0.2) is 36.5 Å². The van der Waals surface area contributed by atoms with Crippen LogP contribution >= 0.6 is 0 Å². The molecule has 0 amide bonds. The Bertz CT molecular complexity index is 477. The van der Waals surface area contributed by atoms with Crippen LogP contribution in [0, 0.1) is 13.8 Å². The van der Waals surface area contributed by atoms with Crippen LogP contribution in [0.1, 0.15) is 21.6 Å². The highest BCUT2D eigenvalue weighted by atomic mass is 16.1. The highest BCUT2D eigenvalue weighted by Crippen LogP contribution is 2.20. The minimum Gasteiger partial charge on any atom is -0.314 e. The molecular weight excluding hydrogens is 186 g/mol. The smallest absolute Gasteiger partial charge is 0.166 e. The fraction of sp³-hybridized carbons (Fsp3) is 0.154. The topological polar surface area (TPSA) is 22.0 Å². The van der Waals surface area contributed by atoms with Gasteiger partial charge in [0.2, 0.25) is 0 Å². The summed E-state index contributed by atoms with van der Waals surface area (Å²) in [5, 5.41) is 0. The molecule has 0 aliphatic rings. The van der Waals surface area contributed by atoms with Crippen LogP contribution in [0.3, 0.4) is 0 Å². The fourth-order valence-electron chi connectivity index (χ4n) is 1.88. The summed E-state index contributed by atoms with van der Waals surface area (Å²) in [5.74, 6) is 0. The maximum atomic E-state index is 10.9. The molecule has 0 aliphatic carbocycles. The van der Waals surface area contributed by atoms with E-state index in [1.54, 1.807) is 0 Å². The summed E-state index contributed by atoms with van der Waals surface area (Å²) in [6.07, 6.45) is 2.80. The van der Waals surface area contributed by atoms with Crippen LogP contribution in [0.4, 0.5) is 0 Å². The van der Waals surface area contributed by atoms with Gasteiger partial charge < -0.3 is 4.57 Å². The number of aromatic nitrogens is 1. The van der Waals surface area contributed by atoms with Crippen molar-refractivity contribution in [2.75, 3.05) is 0 Å². The van der Waals surface area contributed by atoms with Gasteiger partial charge in [0.1, 0.15) is 0 Å². The van der Waals surface area contributed by atoms with Crippen molar-refractivity contribution in [2.24, 2.45) is 0 Å². The third-order valence-electron chi connectivity index (χ3n) is 2.58. The maximum absolute atomic E-state index is 10.9. The van der Waals surface area contributed by atoms with Gasteiger partial charge in [-0.3, -0.25) is 4.79 Å². The molecule has 76 valence electrons. The maximum Gasteiger partial charge on any atom is 0.166 e. The Hall–Kier alpha value is -1.83. The molecule has 1 aromatic heterocycles. The Morgan fingerprint density at radius 2 is 1.73 bits per heavy atom. The van der Waals surface area contributed by atoms with Crippen molar-refractivity contribution in [2.45, 2.75) is 13.8 Å². The molecule has 1 aromatic carbocycles. The third kappa shape index (κ3) is 1.59. The van der Waals surface area contributed by atoms with E-state index in [4.69, 9.17) is 0 Å². The van der Waals surface area contributed by atoms with Crippen LogP contribution in [0.25, 0.3) is 5.69 Å². The number of hydrogen-bond acceptors (Lipinski definition) is 1. The van der Waals surface area contributed by atoms with Gasteiger partial charge in [-0.1, -0.05) is 18.2 Å². The Kier molecular flexibility index (Phi) is 2.42. The Morgan fingerprint density at radius 1 is 1.07 bits per heavy atom. The number of carbonyl (C=O) groups is 1. The van der Waals surface area contributed by atoms with Gasteiger partial charge in [-0.05, 0) is 37.1 Å². The molecule has 0 unspecified atom stereocenters. The first-order valence-corrected chi connectivity index (χ1v) is 4.93. The van der Waals surface area contributed by atoms with E-state index < -0.39 is 0 Å². The number of carbonyl (C=O) groups excluding carboxylic acids is 1. The summed E-state index contributed by atoms with van der Waals surface area (Å²) in [6.45, 7) is 4.10. The molecule has 0 spiro atoms. The molecule has 0 saturated carbocycles. The zero-order valence-electron chi connectivity index (χ0n) is 8.90. The van der Waals surface area contributed by atoms with Gasteiger partial charge >= 0.3 is 0 Å². The van der Waals surface area contributed by atoms with Crippen LogP contribution in [-0.2, 0) is 0 Å². The number of hydrogen-bond donors (Lipinski definition) is 0. The van der Waals surface area contributed by atoms with Gasteiger partial charge in [-0.15, -0.1) is 0 Å². The number of benzene rings is 1. The predicted octanol–water partition coefficient (Wildman–Crippen LogP) is 2.91. The zero-order valence-corrected chi connectivity index (χ0v) is 8.90. The third-order valence-corrected chi connectivity index (χ3v) is 2.58. The first kappa shape index (κ1) is 9.71. The monoisotopic (exact) mass is 199 g/mol. The van der Waals surface area contributed by atoms with Crippen molar-refractivity contribution >= 4 is 6.29 Å². The summed E-state index contributed by atoms with van der Waals surface area (Å²) >= 11 is 0. The van der Waals surface area contributed by atoms with Crippen molar-refractivity contribution in [1.29, 1.82) is 0 Å². The van der Waals surface area contributed by atoms with E-state index in [0.29, 0.717) is 5.69 Å². The second-order valence-electron chi connectivity index (χ2n) is 3.66. The molecule has 0 N–H and O–H groups in total. The molecule has 2 aromatic rings. The normalized spacial score (nSPS) is 10.3. The van der Waals surface area contributed by atoms with Gasteiger partial charge in [-0.2, -0.15) is 0 Å². The number of nitrogens with zero attached hydrogens (tertiary/aromatic N) is 1. The lowest BCUT2D eigenvalue weighted by Gasteiger charge is -2.12. The SMILES string of the molecule is Cc1cccc(C)c1-n1cccc1C=O. The molecule has 0 bridgehead atoms. The number of aryl methyl sites for hydroxylation is 2. The van der Waals surface area contributed by atoms with Crippen LogP contribution in [0.2, 0.25) is 0 Å². The van der Waals surface area contributed by atoms with E-state index in [1.165, 1.54) is 11.1 Å². The molecule has 0 fully saturated rings. The van der Waals surface area contributed by atoms with Gasteiger partial charge in [0.05, 0.1) is 11.4 Å². The van der Waals surface area contributed by atoms with Crippen molar-refractivity contribution in [3.8, 4) is 5.69 Å². The number of aldehydes is 1. The summed E-state index contributed by atoms with van der Waals surface area (Å²) in [4.78, 5) is 10.9. The molecule has 0 radical (unpaired) electrons. The van der Waals surface area contributed by atoms with E-state index in [0.717, 1.165) is 12.0 Å². The molecule has 0 saturated heterocycles. The van der Waals surface area contributed by atoms with Crippen molar-refractivity contribution in [3.05, 3.63) is 53.3 Å². The first-order valence-electron chi connectivity index (χ1n) is 4.93. The minimum atomic E-state index is 0.687. The van der Waals surface area contributed by atoms with Gasteiger partial charge in [0.15, 0.2) is 6.29 Å². The summed E-state index contributed by atoms with van der Waals surface area (Å²) in [6, 6.07) is 9.83. The average molecular weight is 199 g/mol. The number of para-hydroxylation sites is 1. The molecule has 2 heteroatoms. The van der Waals surface area contributed by atoms with Crippen molar-refractivity contribution < 1.29 is 4.79 Å². The van der Waals surface area contributed by atoms with Crippen LogP contribution in [-0.4, -0.2) is 10.9 Å². The van der Waals surface area contributed by atoms with Gasteiger partial charge in [-0.25, -0.2) is 0 Å². The summed E-state index contributed by atoms with van der Waals surface area (Å²) in [7, 11) is 0. The molecule has 2 rings (SSSR count). The molecule has 1 heterocycles. The quantitative estimate of drug-likeness (QED) is 0.681. The lowest BCUT2D eigenvalue weighted by molar-refractivity contribution is 0.111. The molecule has 15 heavy (non-hydrogen) atoms. The molecule has 2 nitrogen and oxygen atoms in total. The largest absolute Gasteiger partial charge is 0.314 e. The second kappa shape index (κ2) is 3.73. The minimum absolute atomic E-state index is 0.687. The van der Waals surface area contributed by atoms with Gasteiger partial charge in [0, 0.05) is 6.20 Å². The Morgan fingerprint density at radius 3 is 2.33 bits per heavy atom. The first-order chi connectivity index (χ1) is 7.24. The predicted molar refractivity (Wildman–Crippen MR) is 60.6 cm³/mol. The molecule has 0 aliphatic heterocycles. The molecular formula is C13H13NO. The average Bonchev–Trinajstić information content (AvgIpc) is 2.65. The summed E-state index contributed by atoms with van der Waals surface area (Å²) < 4.78 is 1.93. The Labute approximate surface area is 89.2 Å². The standard InChI is InChI=1S/C13H13NO/c1-10-5-3-6-11(2)13(10)14-8-4-7-12(14)9-15/h3-9H,1-2H3. The van der Waals surface area contributed by atoms with E-state index in [9.17, 15) is 4.79 Å². The van der Waals surface area contributed by atoms with Crippen LogP contribution in [0.5, 0.6) is 0 Å². The van der Waals surface area contributed by atoms with Gasteiger partial charge in [0.25, 0.3) is 0 Å². The van der Waals surface area contributed by atoms with Crippen molar-refractivity contribution in [3.63, 3.8) is 0 Å². The van der Waals surface area contributed by atoms with E-state index in [1.807, 2.05) is 29.0 Å². The van der Waals surface area contributed by atoms with E-state index >= 15 is 0 Å². The zero-order chi connectivity index (χ0) is 10.8. The van der Waals surface area contributed by atoms with Crippen LogP contribution < -0.4 is 0 Å². The highest BCUT2D eigenvalue weighted by Gasteiger charge is 2.07. The lowest BCUT2D eigenvalue weighted by atomic mass is 10.1.